The van der Waals surface area contributed by atoms with Crippen molar-refractivity contribution in [2.45, 2.75) is 31.5 Å². The van der Waals surface area contributed by atoms with Crippen LogP contribution in [0, 0.1) is 5.41 Å². The number of carbonyl (C=O) groups is 3. The van der Waals surface area contributed by atoms with Gasteiger partial charge in [-0.25, -0.2) is 0 Å². The molecule has 3 amide bonds. The molecule has 2 N–H and O–H groups in total. The van der Waals surface area contributed by atoms with Crippen molar-refractivity contribution in [2.75, 3.05) is 37.6 Å². The Kier molecular flexibility index (Phi) is 5.47. The largest absolute Gasteiger partial charge is 0.387 e. The molecule has 4 aliphatic heterocycles. The van der Waals surface area contributed by atoms with E-state index in [1.807, 2.05) is 12.1 Å². The van der Waals surface area contributed by atoms with Crippen LogP contribution in [0.1, 0.15) is 40.4 Å². The number of aliphatic hydroxyl groups is 1. The van der Waals surface area contributed by atoms with E-state index in [1.165, 1.54) is 10.6 Å². The minimum Gasteiger partial charge on any atom is -0.387 e. The van der Waals surface area contributed by atoms with E-state index in [2.05, 4.69) is 55.3 Å². The van der Waals surface area contributed by atoms with Crippen LogP contribution in [0.2, 0.25) is 0 Å². The number of amides is 3. The first-order chi connectivity index (χ1) is 16.8. The number of halogens is 1. The normalized spacial score (nSPS) is 24.2. The molecule has 35 heavy (non-hydrogen) atoms. The highest BCUT2D eigenvalue weighted by Crippen LogP contribution is 2.42. The second-order valence-corrected chi connectivity index (χ2v) is 11.3. The number of rotatable bonds is 5. The fourth-order valence-corrected chi connectivity index (χ4v) is 6.25. The summed E-state index contributed by atoms with van der Waals surface area (Å²) in [5.41, 5.74) is 3.74. The molecule has 0 saturated carbocycles. The predicted molar refractivity (Wildman–Crippen MR) is 133 cm³/mol. The Balaban J connectivity index is 1.04. The van der Waals surface area contributed by atoms with Crippen LogP contribution >= 0.6 is 15.9 Å². The minimum absolute atomic E-state index is 0.194. The van der Waals surface area contributed by atoms with Gasteiger partial charge in [-0.1, -0.05) is 28.1 Å². The molecule has 2 aromatic carbocycles. The summed E-state index contributed by atoms with van der Waals surface area (Å²) in [4.78, 5) is 42.8. The first kappa shape index (κ1) is 22.7. The van der Waals surface area contributed by atoms with Crippen LogP contribution in [0.15, 0.2) is 46.9 Å². The molecule has 3 saturated heterocycles. The Labute approximate surface area is 212 Å². The zero-order valence-corrected chi connectivity index (χ0v) is 20.8. The van der Waals surface area contributed by atoms with E-state index < -0.39 is 18.1 Å². The smallest absolute Gasteiger partial charge is 0.255 e. The lowest BCUT2D eigenvalue weighted by molar-refractivity contribution is -0.136. The van der Waals surface area contributed by atoms with Gasteiger partial charge in [-0.05, 0) is 47.9 Å². The number of hydrogen-bond donors (Lipinski definition) is 2. The quantitative estimate of drug-likeness (QED) is 0.566. The van der Waals surface area contributed by atoms with E-state index in [1.54, 1.807) is 6.07 Å². The SMILES string of the molecule is O=C1CCC(N2Cc3cc([C@@H](O)CN4CC5(C4)CN(c4ccc(Br)cc4)C5)ccc3C2=O)C(=O)N1. The summed E-state index contributed by atoms with van der Waals surface area (Å²) in [7, 11) is 0. The van der Waals surface area contributed by atoms with Gasteiger partial charge in [0.15, 0.2) is 0 Å². The van der Waals surface area contributed by atoms with Crippen molar-refractivity contribution < 1.29 is 19.5 Å². The third-order valence-corrected chi connectivity index (χ3v) is 8.25. The van der Waals surface area contributed by atoms with Crippen LogP contribution < -0.4 is 10.2 Å². The van der Waals surface area contributed by atoms with Gasteiger partial charge in [-0.15, -0.1) is 0 Å². The Morgan fingerprint density at radius 3 is 2.51 bits per heavy atom. The van der Waals surface area contributed by atoms with Gasteiger partial charge in [0, 0.05) is 66.8 Å². The van der Waals surface area contributed by atoms with Crippen molar-refractivity contribution in [3.63, 3.8) is 0 Å². The second kappa shape index (κ2) is 8.43. The molecule has 8 nitrogen and oxygen atoms in total. The van der Waals surface area contributed by atoms with Gasteiger partial charge in [0.1, 0.15) is 6.04 Å². The lowest BCUT2D eigenvalue weighted by atomic mass is 9.72. The molecule has 3 fully saturated rings. The summed E-state index contributed by atoms with van der Waals surface area (Å²) in [6.45, 7) is 4.91. The van der Waals surface area contributed by atoms with Crippen molar-refractivity contribution in [2.24, 2.45) is 5.41 Å². The number of fused-ring (bicyclic) bond motifs is 1. The van der Waals surface area contributed by atoms with E-state index >= 15 is 0 Å². The zero-order chi connectivity index (χ0) is 24.3. The monoisotopic (exact) mass is 538 g/mol. The number of aliphatic hydroxyl groups excluding tert-OH is 1. The van der Waals surface area contributed by atoms with E-state index in [0.717, 1.165) is 41.8 Å². The zero-order valence-electron chi connectivity index (χ0n) is 19.2. The summed E-state index contributed by atoms with van der Waals surface area (Å²) < 4.78 is 1.08. The van der Waals surface area contributed by atoms with Gasteiger partial charge in [-0.2, -0.15) is 0 Å². The van der Waals surface area contributed by atoms with Crippen LogP contribution in [-0.4, -0.2) is 71.4 Å². The molecule has 0 aliphatic carbocycles. The highest BCUT2D eigenvalue weighted by atomic mass is 79.9. The van der Waals surface area contributed by atoms with Crippen LogP contribution in [0.5, 0.6) is 0 Å². The Bertz CT molecular complexity index is 1200. The summed E-state index contributed by atoms with van der Waals surface area (Å²) in [6.07, 6.45) is -0.0609. The predicted octanol–water partition coefficient (Wildman–Crippen LogP) is 2.07. The number of piperidine rings is 1. The number of benzene rings is 2. The average Bonchev–Trinajstić information content (AvgIpc) is 3.10. The summed E-state index contributed by atoms with van der Waals surface area (Å²) in [6, 6.07) is 13.2. The first-order valence-corrected chi connectivity index (χ1v) is 12.8. The third-order valence-electron chi connectivity index (χ3n) is 7.73. The molecule has 182 valence electrons. The number of likely N-dealkylation sites (tertiary alicyclic amines) is 1. The number of carbonyl (C=O) groups excluding carboxylic acids is 3. The fourth-order valence-electron chi connectivity index (χ4n) is 5.98. The van der Waals surface area contributed by atoms with Crippen LogP contribution in [0.4, 0.5) is 5.69 Å². The first-order valence-electron chi connectivity index (χ1n) is 12.0. The minimum atomic E-state index is -0.639. The number of hydrogen-bond acceptors (Lipinski definition) is 6. The highest BCUT2D eigenvalue weighted by molar-refractivity contribution is 9.10. The lowest BCUT2D eigenvalue weighted by Crippen LogP contribution is -2.72. The topological polar surface area (TPSA) is 93.2 Å². The van der Waals surface area contributed by atoms with Gasteiger partial charge in [-0.3, -0.25) is 24.6 Å². The molecule has 1 spiro atoms. The molecule has 0 radical (unpaired) electrons. The molecule has 2 aromatic rings. The maximum absolute atomic E-state index is 12.9. The summed E-state index contributed by atoms with van der Waals surface area (Å²) >= 11 is 3.48. The van der Waals surface area contributed by atoms with Crippen molar-refractivity contribution in [1.29, 1.82) is 0 Å². The molecule has 6 rings (SSSR count). The molecular formula is C26H27BrN4O4. The van der Waals surface area contributed by atoms with Crippen LogP contribution in [0.25, 0.3) is 0 Å². The second-order valence-electron chi connectivity index (χ2n) is 10.3. The van der Waals surface area contributed by atoms with Crippen molar-refractivity contribution in [3.05, 3.63) is 63.6 Å². The number of anilines is 1. The van der Waals surface area contributed by atoms with E-state index in [9.17, 15) is 19.5 Å². The third kappa shape index (κ3) is 4.05. The van der Waals surface area contributed by atoms with Crippen molar-refractivity contribution in [3.8, 4) is 0 Å². The molecule has 9 heteroatoms. The molecule has 4 heterocycles. The van der Waals surface area contributed by atoms with Crippen molar-refractivity contribution in [1.82, 2.24) is 15.1 Å². The number of nitrogens with zero attached hydrogens (tertiary/aromatic N) is 3. The summed E-state index contributed by atoms with van der Waals surface area (Å²) in [5, 5.41) is 13.2. The number of β-amino-alcohol motifs (C(OH)–C–C–N with tert-alkyl or cyclic N) is 1. The maximum Gasteiger partial charge on any atom is 0.255 e. The Morgan fingerprint density at radius 1 is 1.06 bits per heavy atom. The van der Waals surface area contributed by atoms with Crippen molar-refractivity contribution >= 4 is 39.3 Å². The molecule has 4 aliphatic rings. The number of imide groups is 1. The van der Waals surface area contributed by atoms with Gasteiger partial charge >= 0.3 is 0 Å². The molecule has 2 atom stereocenters. The standard InChI is InChI=1S/C26H27BrN4O4/c27-18-2-4-19(5-3-18)30-14-26(15-30)12-29(13-26)11-22(32)16-1-6-20-17(9-16)10-31(25(20)35)21-7-8-23(33)28-24(21)34/h1-6,9,21-22,32H,7-8,10-15H2,(H,28,33,34)/t21?,22-/m0/s1. The molecule has 0 bridgehead atoms. The van der Waals surface area contributed by atoms with Gasteiger partial charge < -0.3 is 14.9 Å². The van der Waals surface area contributed by atoms with Crippen LogP contribution in [0.3, 0.4) is 0 Å². The number of nitrogens with one attached hydrogen (secondary N) is 1. The highest BCUT2D eigenvalue weighted by Gasteiger charge is 2.51. The van der Waals surface area contributed by atoms with E-state index in [4.69, 9.17) is 0 Å². The van der Waals surface area contributed by atoms with Gasteiger partial charge in [0.2, 0.25) is 11.8 Å². The molecule has 0 aromatic heterocycles. The maximum atomic E-state index is 12.9. The Hall–Kier alpha value is -2.75. The molecular weight excluding hydrogens is 512 g/mol. The average molecular weight is 539 g/mol. The van der Waals surface area contributed by atoms with E-state index in [0.29, 0.717) is 30.5 Å². The van der Waals surface area contributed by atoms with E-state index in [-0.39, 0.29) is 18.2 Å². The Morgan fingerprint density at radius 2 is 1.80 bits per heavy atom. The van der Waals surface area contributed by atoms with Gasteiger partial charge in [0.05, 0.1) is 6.10 Å². The summed E-state index contributed by atoms with van der Waals surface area (Å²) in [5.74, 6) is -0.902. The van der Waals surface area contributed by atoms with Crippen LogP contribution in [-0.2, 0) is 16.1 Å². The fraction of sp³-hybridized carbons (Fsp3) is 0.423. The lowest BCUT2D eigenvalue weighted by Gasteiger charge is -2.61. The molecule has 1 unspecified atom stereocenters. The van der Waals surface area contributed by atoms with Gasteiger partial charge in [0.25, 0.3) is 5.91 Å².